The average molecular weight is 304 g/mol. The van der Waals surface area contributed by atoms with Crippen LogP contribution in [0.2, 0.25) is 0 Å². The molecule has 5 heteroatoms. The largest absolute Gasteiger partial charge is 0.326 e. The molecule has 1 atom stereocenters. The van der Waals surface area contributed by atoms with E-state index in [1.807, 2.05) is 37.3 Å². The van der Waals surface area contributed by atoms with Gasteiger partial charge in [0, 0.05) is 12.6 Å². The lowest BCUT2D eigenvalue weighted by Crippen LogP contribution is -2.29. The van der Waals surface area contributed by atoms with Crippen LogP contribution in [0, 0.1) is 0 Å². The Morgan fingerprint density at radius 2 is 1.67 bits per heavy atom. The first-order valence-electron chi connectivity index (χ1n) is 6.93. The smallest absolute Gasteiger partial charge is 0.241 e. The molecule has 3 N–H and O–H groups in total. The van der Waals surface area contributed by atoms with Crippen molar-refractivity contribution in [1.82, 2.24) is 4.72 Å². The molecule has 1 unspecified atom stereocenters. The van der Waals surface area contributed by atoms with Crippen LogP contribution in [-0.2, 0) is 16.6 Å². The van der Waals surface area contributed by atoms with Crippen molar-refractivity contribution in [2.24, 2.45) is 5.73 Å². The summed E-state index contributed by atoms with van der Waals surface area (Å²) in [5.41, 5.74) is 7.20. The lowest BCUT2D eigenvalue weighted by atomic mass is 10.1. The van der Waals surface area contributed by atoms with E-state index in [0.29, 0.717) is 12.0 Å². The van der Waals surface area contributed by atoms with Gasteiger partial charge in [0.25, 0.3) is 0 Å². The van der Waals surface area contributed by atoms with Crippen LogP contribution in [0.25, 0.3) is 0 Å². The van der Waals surface area contributed by atoms with E-state index in [1.165, 1.54) is 0 Å². The molecule has 0 bridgehead atoms. The van der Waals surface area contributed by atoms with Crippen molar-refractivity contribution in [2.75, 3.05) is 0 Å². The van der Waals surface area contributed by atoms with Crippen LogP contribution in [0.4, 0.5) is 0 Å². The molecule has 0 saturated heterocycles. The number of nitrogens with one attached hydrogen (secondary N) is 1. The van der Waals surface area contributed by atoms with E-state index in [1.54, 1.807) is 24.3 Å². The molecule has 0 fully saturated rings. The van der Waals surface area contributed by atoms with Crippen molar-refractivity contribution in [2.45, 2.75) is 30.8 Å². The Labute approximate surface area is 126 Å². The summed E-state index contributed by atoms with van der Waals surface area (Å²) in [7, 11) is -3.59. The fraction of sp³-hybridized carbons (Fsp3) is 0.250. The second kappa shape index (κ2) is 6.85. The molecule has 2 aromatic rings. The minimum Gasteiger partial charge on any atom is -0.326 e. The van der Waals surface area contributed by atoms with Crippen LogP contribution in [0.1, 0.15) is 30.5 Å². The summed E-state index contributed by atoms with van der Waals surface area (Å²) in [6.07, 6.45) is 0.675. The Bertz CT molecular complexity index is 684. The first-order valence-corrected chi connectivity index (χ1v) is 8.42. The first kappa shape index (κ1) is 15.7. The fourth-order valence-corrected chi connectivity index (χ4v) is 3.82. The monoisotopic (exact) mass is 304 g/mol. The highest BCUT2D eigenvalue weighted by molar-refractivity contribution is 7.89. The van der Waals surface area contributed by atoms with Gasteiger partial charge in [-0.1, -0.05) is 55.5 Å². The predicted molar refractivity (Wildman–Crippen MR) is 84.1 cm³/mol. The highest BCUT2D eigenvalue weighted by Crippen LogP contribution is 2.21. The summed E-state index contributed by atoms with van der Waals surface area (Å²) in [5, 5.41) is 0. The number of sulfonamides is 1. The van der Waals surface area contributed by atoms with E-state index in [0.717, 1.165) is 5.56 Å². The Morgan fingerprint density at radius 1 is 1.05 bits per heavy atom. The molecule has 0 aliphatic heterocycles. The van der Waals surface area contributed by atoms with Gasteiger partial charge in [-0.15, -0.1) is 0 Å². The Kier molecular flexibility index (Phi) is 5.12. The van der Waals surface area contributed by atoms with E-state index >= 15 is 0 Å². The number of benzene rings is 2. The quantitative estimate of drug-likeness (QED) is 0.861. The van der Waals surface area contributed by atoms with Gasteiger partial charge in [-0.2, -0.15) is 0 Å². The summed E-state index contributed by atoms with van der Waals surface area (Å²) < 4.78 is 27.9. The molecule has 4 nitrogen and oxygen atoms in total. The molecule has 0 aliphatic rings. The molecule has 0 amide bonds. The molecule has 0 saturated carbocycles. The second-order valence-corrected chi connectivity index (χ2v) is 6.49. The number of rotatable bonds is 6. The van der Waals surface area contributed by atoms with Crippen LogP contribution >= 0.6 is 0 Å². The summed E-state index contributed by atoms with van der Waals surface area (Å²) in [5.74, 6) is 0. The van der Waals surface area contributed by atoms with Crippen molar-refractivity contribution < 1.29 is 8.42 Å². The Hall–Kier alpha value is -1.69. The summed E-state index contributed by atoms with van der Waals surface area (Å²) in [6, 6.07) is 16.1. The van der Waals surface area contributed by atoms with Crippen molar-refractivity contribution in [3.63, 3.8) is 0 Å². The van der Waals surface area contributed by atoms with Gasteiger partial charge >= 0.3 is 0 Å². The van der Waals surface area contributed by atoms with E-state index < -0.39 is 10.0 Å². The van der Waals surface area contributed by atoms with Crippen LogP contribution in [0.15, 0.2) is 59.5 Å². The molecular weight excluding hydrogens is 284 g/mol. The number of nitrogens with two attached hydrogens (primary N) is 1. The van der Waals surface area contributed by atoms with Gasteiger partial charge in [0.1, 0.15) is 0 Å². The molecule has 112 valence electrons. The number of hydrogen-bond donors (Lipinski definition) is 2. The summed E-state index contributed by atoms with van der Waals surface area (Å²) >= 11 is 0. The molecule has 0 aliphatic carbocycles. The lowest BCUT2D eigenvalue weighted by molar-refractivity contribution is 0.549. The van der Waals surface area contributed by atoms with Gasteiger partial charge in [-0.05, 0) is 23.6 Å². The van der Waals surface area contributed by atoms with Gasteiger partial charge in [0.15, 0.2) is 0 Å². The molecule has 0 radical (unpaired) electrons. The van der Waals surface area contributed by atoms with Crippen LogP contribution in [0.3, 0.4) is 0 Å². The standard InChI is InChI=1S/C16H20N2O2S/c1-2-15(13-8-4-3-5-9-13)18-21(19,20)16-11-7-6-10-14(16)12-17/h3-11,15,18H,2,12,17H2,1H3. The first-order chi connectivity index (χ1) is 10.1. The SMILES string of the molecule is CCC(NS(=O)(=O)c1ccccc1CN)c1ccccc1. The minimum atomic E-state index is -3.59. The van der Waals surface area contributed by atoms with Gasteiger partial charge < -0.3 is 5.73 Å². The summed E-state index contributed by atoms with van der Waals surface area (Å²) in [4.78, 5) is 0.252. The molecular formula is C16H20N2O2S. The average Bonchev–Trinajstić information content (AvgIpc) is 2.53. The van der Waals surface area contributed by atoms with Crippen molar-refractivity contribution >= 4 is 10.0 Å². The summed E-state index contributed by atoms with van der Waals surface area (Å²) in [6.45, 7) is 2.15. The zero-order valence-corrected chi connectivity index (χ0v) is 12.8. The third-order valence-electron chi connectivity index (χ3n) is 3.39. The lowest BCUT2D eigenvalue weighted by Gasteiger charge is -2.18. The maximum atomic E-state index is 12.6. The van der Waals surface area contributed by atoms with Gasteiger partial charge in [0.2, 0.25) is 10.0 Å². The van der Waals surface area contributed by atoms with Gasteiger partial charge in [-0.25, -0.2) is 13.1 Å². The predicted octanol–water partition coefficient (Wildman–Crippen LogP) is 2.57. The van der Waals surface area contributed by atoms with E-state index in [4.69, 9.17) is 5.73 Å². The molecule has 2 rings (SSSR count). The third kappa shape index (κ3) is 3.69. The highest BCUT2D eigenvalue weighted by Gasteiger charge is 2.22. The molecule has 0 aromatic heterocycles. The molecule has 0 heterocycles. The van der Waals surface area contributed by atoms with E-state index in [9.17, 15) is 8.42 Å². The normalized spacial score (nSPS) is 13.0. The zero-order valence-electron chi connectivity index (χ0n) is 12.0. The maximum Gasteiger partial charge on any atom is 0.241 e. The molecule has 0 spiro atoms. The van der Waals surface area contributed by atoms with Crippen molar-refractivity contribution in [3.8, 4) is 0 Å². The van der Waals surface area contributed by atoms with Gasteiger partial charge in [0.05, 0.1) is 4.90 Å². The van der Waals surface area contributed by atoms with Crippen LogP contribution in [-0.4, -0.2) is 8.42 Å². The minimum absolute atomic E-state index is 0.194. The topological polar surface area (TPSA) is 72.2 Å². The Balaban J connectivity index is 2.32. The van der Waals surface area contributed by atoms with Crippen LogP contribution in [0.5, 0.6) is 0 Å². The second-order valence-electron chi connectivity index (χ2n) is 4.80. The maximum absolute atomic E-state index is 12.6. The van der Waals surface area contributed by atoms with Gasteiger partial charge in [-0.3, -0.25) is 0 Å². The van der Waals surface area contributed by atoms with Crippen molar-refractivity contribution in [3.05, 3.63) is 65.7 Å². The highest BCUT2D eigenvalue weighted by atomic mass is 32.2. The molecule has 21 heavy (non-hydrogen) atoms. The molecule has 2 aromatic carbocycles. The zero-order chi connectivity index (χ0) is 15.3. The van der Waals surface area contributed by atoms with Crippen LogP contribution < -0.4 is 10.5 Å². The van der Waals surface area contributed by atoms with Crippen molar-refractivity contribution in [1.29, 1.82) is 0 Å². The van der Waals surface area contributed by atoms with E-state index in [2.05, 4.69) is 4.72 Å². The fourth-order valence-electron chi connectivity index (χ4n) is 2.26. The third-order valence-corrected chi connectivity index (χ3v) is 4.96. The number of hydrogen-bond acceptors (Lipinski definition) is 3. The van der Waals surface area contributed by atoms with E-state index in [-0.39, 0.29) is 17.5 Å². The Morgan fingerprint density at radius 3 is 2.29 bits per heavy atom.